The number of nitrogens with one attached hydrogen (secondary N) is 2. The highest BCUT2D eigenvalue weighted by Gasteiger charge is 2.32. The Hall–Kier alpha value is -1.10. The first-order valence-corrected chi connectivity index (χ1v) is 10.0. The molecule has 5 heteroatoms. The van der Waals surface area contributed by atoms with Crippen molar-refractivity contribution in [2.45, 2.75) is 63.5 Å². The zero-order chi connectivity index (χ0) is 17.3. The average molecular weight is 381 g/mol. The summed E-state index contributed by atoms with van der Waals surface area (Å²) >= 11 is 0. The number of ether oxygens (including phenoxy) is 1. The fourth-order valence-corrected chi connectivity index (χ4v) is 4.10. The smallest absolute Gasteiger partial charge is 0.226 e. The van der Waals surface area contributed by atoms with Gasteiger partial charge in [-0.3, -0.25) is 4.79 Å². The van der Waals surface area contributed by atoms with Gasteiger partial charge in [0.25, 0.3) is 0 Å². The second kappa shape index (κ2) is 11.6. The van der Waals surface area contributed by atoms with Crippen LogP contribution in [-0.2, 0) is 9.53 Å². The van der Waals surface area contributed by atoms with E-state index in [-0.39, 0.29) is 30.3 Å². The van der Waals surface area contributed by atoms with E-state index in [1.54, 1.807) is 0 Å². The molecule has 4 nitrogen and oxygen atoms in total. The highest BCUT2D eigenvalue weighted by Crippen LogP contribution is 2.33. The maximum absolute atomic E-state index is 12.7. The van der Waals surface area contributed by atoms with Gasteiger partial charge in [-0.05, 0) is 31.2 Å². The highest BCUT2D eigenvalue weighted by atomic mass is 35.5. The summed E-state index contributed by atoms with van der Waals surface area (Å²) in [4.78, 5) is 12.7. The molecule has 3 rings (SSSR count). The van der Waals surface area contributed by atoms with Crippen molar-refractivity contribution in [3.63, 3.8) is 0 Å². The zero-order valence-corrected chi connectivity index (χ0v) is 16.4. The molecule has 1 saturated heterocycles. The van der Waals surface area contributed by atoms with Crippen molar-refractivity contribution in [1.29, 1.82) is 0 Å². The molecule has 0 radical (unpaired) electrons. The van der Waals surface area contributed by atoms with Crippen LogP contribution in [0, 0.1) is 5.92 Å². The van der Waals surface area contributed by atoms with Crippen LogP contribution in [-0.4, -0.2) is 31.6 Å². The summed E-state index contributed by atoms with van der Waals surface area (Å²) in [5.74, 6) is 0.0604. The van der Waals surface area contributed by atoms with Crippen molar-refractivity contribution in [1.82, 2.24) is 10.6 Å². The van der Waals surface area contributed by atoms with Crippen LogP contribution in [0.2, 0.25) is 0 Å². The van der Waals surface area contributed by atoms with Crippen LogP contribution in [0.3, 0.4) is 0 Å². The monoisotopic (exact) mass is 380 g/mol. The molecule has 2 unspecified atom stereocenters. The SMILES string of the molecule is Cl.O=C(NCCNC1CCCCCC1)C1CCCOC1c1ccccc1. The maximum Gasteiger partial charge on any atom is 0.226 e. The van der Waals surface area contributed by atoms with Gasteiger partial charge in [-0.25, -0.2) is 0 Å². The Morgan fingerprint density at radius 3 is 2.42 bits per heavy atom. The van der Waals surface area contributed by atoms with E-state index in [1.807, 2.05) is 18.2 Å². The molecule has 0 aromatic heterocycles. The summed E-state index contributed by atoms with van der Waals surface area (Å²) in [7, 11) is 0. The van der Waals surface area contributed by atoms with Gasteiger partial charge in [0.15, 0.2) is 0 Å². The first kappa shape index (κ1) is 21.2. The second-order valence-corrected chi connectivity index (χ2v) is 7.38. The molecule has 146 valence electrons. The third-order valence-electron chi connectivity index (χ3n) is 5.50. The van der Waals surface area contributed by atoms with Crippen molar-refractivity contribution in [3.8, 4) is 0 Å². The van der Waals surface area contributed by atoms with E-state index in [1.165, 1.54) is 38.5 Å². The topological polar surface area (TPSA) is 50.4 Å². The molecule has 2 fully saturated rings. The lowest BCUT2D eigenvalue weighted by Gasteiger charge is -2.31. The number of rotatable bonds is 6. The summed E-state index contributed by atoms with van der Waals surface area (Å²) in [6, 6.07) is 10.8. The molecule has 1 aromatic rings. The van der Waals surface area contributed by atoms with E-state index in [0.29, 0.717) is 12.6 Å². The minimum Gasteiger partial charge on any atom is -0.373 e. The van der Waals surface area contributed by atoms with Gasteiger partial charge in [0.2, 0.25) is 5.91 Å². The van der Waals surface area contributed by atoms with Gasteiger partial charge in [0.1, 0.15) is 0 Å². The highest BCUT2D eigenvalue weighted by molar-refractivity contribution is 5.85. The summed E-state index contributed by atoms with van der Waals surface area (Å²) in [6.45, 7) is 2.31. The number of benzene rings is 1. The molecular weight excluding hydrogens is 348 g/mol. The van der Waals surface area contributed by atoms with E-state index in [9.17, 15) is 4.79 Å². The molecule has 2 N–H and O–H groups in total. The standard InChI is InChI=1S/C21H32N2O2.ClH/c24-21(23-15-14-22-18-11-6-1-2-7-12-18)19-13-8-16-25-20(19)17-9-4-3-5-10-17;/h3-5,9-10,18-20,22H,1-2,6-8,11-16H2,(H,23,24);1H. The Kier molecular flexibility index (Phi) is 9.44. The molecule has 1 saturated carbocycles. The lowest BCUT2D eigenvalue weighted by atomic mass is 9.89. The molecule has 2 atom stereocenters. The molecule has 1 aliphatic carbocycles. The van der Waals surface area contributed by atoms with Crippen LogP contribution in [0.5, 0.6) is 0 Å². The molecule has 1 amide bonds. The van der Waals surface area contributed by atoms with Crippen molar-refractivity contribution < 1.29 is 9.53 Å². The molecule has 1 aromatic carbocycles. The first-order valence-electron chi connectivity index (χ1n) is 10.0. The Morgan fingerprint density at radius 1 is 0.962 bits per heavy atom. The van der Waals surface area contributed by atoms with E-state index in [4.69, 9.17) is 4.74 Å². The normalized spacial score (nSPS) is 24.3. The van der Waals surface area contributed by atoms with Crippen LogP contribution in [0.25, 0.3) is 0 Å². The van der Waals surface area contributed by atoms with Gasteiger partial charge in [-0.15, -0.1) is 12.4 Å². The Bertz CT molecular complexity index is 518. The van der Waals surface area contributed by atoms with Gasteiger partial charge in [0, 0.05) is 25.7 Å². The fraction of sp³-hybridized carbons (Fsp3) is 0.667. The van der Waals surface area contributed by atoms with Gasteiger partial charge < -0.3 is 15.4 Å². The minimum absolute atomic E-state index is 0. The van der Waals surface area contributed by atoms with E-state index < -0.39 is 0 Å². The first-order chi connectivity index (χ1) is 12.3. The lowest BCUT2D eigenvalue weighted by molar-refractivity contribution is -0.134. The predicted octanol–water partition coefficient (Wildman–Crippen LogP) is 4.00. The van der Waals surface area contributed by atoms with Gasteiger partial charge >= 0.3 is 0 Å². The van der Waals surface area contributed by atoms with Gasteiger partial charge in [0.05, 0.1) is 12.0 Å². The number of amides is 1. The van der Waals surface area contributed by atoms with Crippen molar-refractivity contribution in [2.24, 2.45) is 5.92 Å². The summed E-state index contributed by atoms with van der Waals surface area (Å²) in [5, 5.41) is 6.74. The van der Waals surface area contributed by atoms with Crippen LogP contribution < -0.4 is 10.6 Å². The van der Waals surface area contributed by atoms with E-state index in [0.717, 1.165) is 31.6 Å². The van der Waals surface area contributed by atoms with Crippen molar-refractivity contribution in [2.75, 3.05) is 19.7 Å². The molecule has 1 aliphatic heterocycles. The Morgan fingerprint density at radius 2 is 1.69 bits per heavy atom. The van der Waals surface area contributed by atoms with E-state index in [2.05, 4.69) is 22.8 Å². The Balaban J connectivity index is 0.00000243. The maximum atomic E-state index is 12.7. The molecule has 0 bridgehead atoms. The zero-order valence-electron chi connectivity index (χ0n) is 15.6. The average Bonchev–Trinajstić information content (AvgIpc) is 2.94. The fourth-order valence-electron chi connectivity index (χ4n) is 4.10. The largest absolute Gasteiger partial charge is 0.373 e. The summed E-state index contributed by atoms with van der Waals surface area (Å²) in [5.41, 5.74) is 1.11. The second-order valence-electron chi connectivity index (χ2n) is 7.38. The van der Waals surface area contributed by atoms with Crippen LogP contribution >= 0.6 is 12.4 Å². The summed E-state index contributed by atoms with van der Waals surface area (Å²) in [6.07, 6.45) is 9.73. The number of hydrogen-bond donors (Lipinski definition) is 2. The number of hydrogen-bond acceptors (Lipinski definition) is 3. The summed E-state index contributed by atoms with van der Waals surface area (Å²) < 4.78 is 5.94. The third kappa shape index (κ3) is 6.26. The van der Waals surface area contributed by atoms with E-state index >= 15 is 0 Å². The molecule has 26 heavy (non-hydrogen) atoms. The van der Waals surface area contributed by atoms with Crippen molar-refractivity contribution >= 4 is 18.3 Å². The molecular formula is C21H33ClN2O2. The van der Waals surface area contributed by atoms with Gasteiger partial charge in [-0.1, -0.05) is 56.0 Å². The molecule has 1 heterocycles. The van der Waals surface area contributed by atoms with Gasteiger partial charge in [-0.2, -0.15) is 0 Å². The molecule has 2 aliphatic rings. The quantitative estimate of drug-likeness (QED) is 0.579. The Labute approximate surface area is 163 Å². The third-order valence-corrected chi connectivity index (χ3v) is 5.50. The van der Waals surface area contributed by atoms with Crippen LogP contribution in [0.1, 0.15) is 63.0 Å². The number of halogens is 1. The number of carbonyl (C=O) groups is 1. The number of carbonyl (C=O) groups excluding carboxylic acids is 1. The van der Waals surface area contributed by atoms with Crippen molar-refractivity contribution in [3.05, 3.63) is 35.9 Å². The van der Waals surface area contributed by atoms with Crippen LogP contribution in [0.4, 0.5) is 0 Å². The predicted molar refractivity (Wildman–Crippen MR) is 108 cm³/mol. The lowest BCUT2D eigenvalue weighted by Crippen LogP contribution is -2.41. The minimum atomic E-state index is -0.107. The van der Waals surface area contributed by atoms with Crippen LogP contribution in [0.15, 0.2) is 30.3 Å². The molecule has 0 spiro atoms.